The van der Waals surface area contributed by atoms with E-state index in [2.05, 4.69) is 0 Å². The third-order valence-corrected chi connectivity index (χ3v) is 3.41. The van der Waals surface area contributed by atoms with Crippen molar-refractivity contribution in [2.45, 2.75) is 19.3 Å². The summed E-state index contributed by atoms with van der Waals surface area (Å²) in [4.78, 5) is 10.4. The van der Waals surface area contributed by atoms with Gasteiger partial charge in [-0.1, -0.05) is 6.07 Å². The molecule has 16 heavy (non-hydrogen) atoms. The highest BCUT2D eigenvalue weighted by Gasteiger charge is 2.07. The summed E-state index contributed by atoms with van der Waals surface area (Å²) in [6.45, 7) is 0. The van der Waals surface area contributed by atoms with Crippen molar-refractivity contribution in [2.75, 3.05) is 0 Å². The number of aliphatic carboxylic acids is 1. The van der Waals surface area contributed by atoms with Crippen LogP contribution >= 0.6 is 11.3 Å². The Morgan fingerprint density at radius 2 is 2.12 bits per heavy atom. The molecule has 0 radical (unpaired) electrons. The van der Waals surface area contributed by atoms with Crippen molar-refractivity contribution in [1.82, 2.24) is 0 Å². The van der Waals surface area contributed by atoms with E-state index in [4.69, 9.17) is 5.11 Å². The SMILES string of the molecule is O=C(O)CCCc1ccc2sccc2c1O. The monoisotopic (exact) mass is 236 g/mol. The first kappa shape index (κ1) is 11.0. The number of carbonyl (C=O) groups is 1. The molecule has 0 unspecified atom stereocenters. The van der Waals surface area contributed by atoms with E-state index in [1.807, 2.05) is 23.6 Å². The van der Waals surface area contributed by atoms with Crippen LogP contribution in [0.15, 0.2) is 23.6 Å². The number of fused-ring (bicyclic) bond motifs is 1. The van der Waals surface area contributed by atoms with Crippen LogP contribution < -0.4 is 0 Å². The number of aromatic hydroxyl groups is 1. The normalized spacial score (nSPS) is 10.8. The van der Waals surface area contributed by atoms with Crippen molar-refractivity contribution in [3.63, 3.8) is 0 Å². The van der Waals surface area contributed by atoms with Gasteiger partial charge in [-0.15, -0.1) is 11.3 Å². The van der Waals surface area contributed by atoms with E-state index in [1.165, 1.54) is 0 Å². The van der Waals surface area contributed by atoms with Crippen LogP contribution in [0, 0.1) is 0 Å². The smallest absolute Gasteiger partial charge is 0.303 e. The molecule has 3 nitrogen and oxygen atoms in total. The van der Waals surface area contributed by atoms with Crippen LogP contribution in [0.25, 0.3) is 10.1 Å². The fourth-order valence-corrected chi connectivity index (χ4v) is 2.49. The third-order valence-electron chi connectivity index (χ3n) is 2.53. The summed E-state index contributed by atoms with van der Waals surface area (Å²) in [5, 5.41) is 21.3. The Morgan fingerprint density at radius 1 is 1.31 bits per heavy atom. The molecule has 0 aliphatic carbocycles. The number of thiophene rings is 1. The molecule has 0 spiro atoms. The molecule has 0 bridgehead atoms. The average molecular weight is 236 g/mol. The van der Waals surface area contributed by atoms with Gasteiger partial charge in [0.15, 0.2) is 0 Å². The first-order valence-corrected chi connectivity index (χ1v) is 5.96. The average Bonchev–Trinajstić information content (AvgIpc) is 2.69. The number of phenolic OH excluding ortho intramolecular Hbond substituents is 1. The van der Waals surface area contributed by atoms with Gasteiger partial charge in [-0.25, -0.2) is 0 Å². The molecule has 1 heterocycles. The van der Waals surface area contributed by atoms with E-state index < -0.39 is 5.97 Å². The van der Waals surface area contributed by atoms with Gasteiger partial charge < -0.3 is 10.2 Å². The maximum absolute atomic E-state index is 10.4. The van der Waals surface area contributed by atoms with Crippen molar-refractivity contribution in [3.8, 4) is 5.75 Å². The van der Waals surface area contributed by atoms with E-state index in [-0.39, 0.29) is 6.42 Å². The van der Waals surface area contributed by atoms with Crippen LogP contribution in [-0.2, 0) is 11.2 Å². The molecular weight excluding hydrogens is 224 g/mol. The summed E-state index contributed by atoms with van der Waals surface area (Å²) in [6, 6.07) is 5.72. The van der Waals surface area contributed by atoms with Crippen molar-refractivity contribution >= 4 is 27.4 Å². The van der Waals surface area contributed by atoms with Gasteiger partial charge in [-0.05, 0) is 35.9 Å². The van der Waals surface area contributed by atoms with Gasteiger partial charge in [-0.2, -0.15) is 0 Å². The van der Waals surface area contributed by atoms with Gasteiger partial charge in [-0.3, -0.25) is 4.79 Å². The first-order chi connectivity index (χ1) is 7.68. The van der Waals surface area contributed by atoms with Crippen LogP contribution in [0.4, 0.5) is 0 Å². The van der Waals surface area contributed by atoms with Crippen LogP contribution in [0.5, 0.6) is 5.75 Å². The highest BCUT2D eigenvalue weighted by Crippen LogP contribution is 2.32. The Hall–Kier alpha value is -1.55. The maximum Gasteiger partial charge on any atom is 0.303 e. The zero-order valence-electron chi connectivity index (χ0n) is 8.64. The number of hydrogen-bond acceptors (Lipinski definition) is 3. The lowest BCUT2D eigenvalue weighted by atomic mass is 10.1. The topological polar surface area (TPSA) is 57.5 Å². The number of carboxylic acids is 1. The molecular formula is C12H12O3S. The van der Waals surface area contributed by atoms with Crippen molar-refractivity contribution in [2.24, 2.45) is 0 Å². The molecule has 2 N–H and O–H groups in total. The highest BCUT2D eigenvalue weighted by molar-refractivity contribution is 7.17. The third kappa shape index (κ3) is 2.17. The lowest BCUT2D eigenvalue weighted by molar-refractivity contribution is -0.137. The molecule has 0 aliphatic rings. The predicted molar refractivity (Wildman–Crippen MR) is 64.1 cm³/mol. The zero-order chi connectivity index (χ0) is 11.5. The van der Waals surface area contributed by atoms with Crippen LogP contribution in [0.2, 0.25) is 0 Å². The van der Waals surface area contributed by atoms with Gasteiger partial charge in [0.05, 0.1) is 0 Å². The quantitative estimate of drug-likeness (QED) is 0.857. The molecule has 0 saturated heterocycles. The lowest BCUT2D eigenvalue weighted by Gasteiger charge is -2.04. The molecule has 84 valence electrons. The second kappa shape index (κ2) is 4.53. The summed E-state index contributed by atoms with van der Waals surface area (Å²) < 4.78 is 1.06. The summed E-state index contributed by atoms with van der Waals surface area (Å²) in [7, 11) is 0. The number of hydrogen-bond donors (Lipinski definition) is 2. The van der Waals surface area contributed by atoms with E-state index >= 15 is 0 Å². The first-order valence-electron chi connectivity index (χ1n) is 5.08. The second-order valence-corrected chi connectivity index (χ2v) is 4.60. The molecule has 4 heteroatoms. The summed E-state index contributed by atoms with van der Waals surface area (Å²) >= 11 is 1.58. The van der Waals surface area contributed by atoms with Crippen LogP contribution in [0.3, 0.4) is 0 Å². The van der Waals surface area contributed by atoms with Crippen molar-refractivity contribution in [3.05, 3.63) is 29.1 Å². The summed E-state index contributed by atoms with van der Waals surface area (Å²) in [5.74, 6) is -0.500. The molecule has 1 aromatic carbocycles. The lowest BCUT2D eigenvalue weighted by Crippen LogP contribution is -1.96. The zero-order valence-corrected chi connectivity index (χ0v) is 9.46. The molecule has 0 saturated carbocycles. The summed E-state index contributed by atoms with van der Waals surface area (Å²) in [5.41, 5.74) is 0.826. The number of rotatable bonds is 4. The molecule has 1 aromatic heterocycles. The Morgan fingerprint density at radius 3 is 2.88 bits per heavy atom. The standard InChI is InChI=1S/C12H12O3S/c13-11(14)3-1-2-8-4-5-10-9(12(8)15)6-7-16-10/h4-7,15H,1-3H2,(H,13,14). The molecule has 2 rings (SSSR count). The Labute approximate surface area is 97.0 Å². The van der Waals surface area contributed by atoms with Crippen LogP contribution in [0.1, 0.15) is 18.4 Å². The second-order valence-electron chi connectivity index (χ2n) is 3.65. The minimum absolute atomic E-state index is 0.140. The van der Waals surface area contributed by atoms with Gasteiger partial charge in [0.2, 0.25) is 0 Å². The number of benzene rings is 1. The number of aryl methyl sites for hydroxylation is 1. The van der Waals surface area contributed by atoms with E-state index in [1.54, 1.807) is 11.3 Å². The maximum atomic E-state index is 10.4. The fourth-order valence-electron chi connectivity index (χ4n) is 1.71. The minimum Gasteiger partial charge on any atom is -0.507 e. The molecule has 0 atom stereocenters. The van der Waals surface area contributed by atoms with Gasteiger partial charge in [0, 0.05) is 16.5 Å². The predicted octanol–water partition coefficient (Wildman–Crippen LogP) is 3.01. The van der Waals surface area contributed by atoms with E-state index in [9.17, 15) is 9.90 Å². The van der Waals surface area contributed by atoms with E-state index in [0.717, 1.165) is 15.6 Å². The van der Waals surface area contributed by atoms with Crippen molar-refractivity contribution in [1.29, 1.82) is 0 Å². The Bertz CT molecular complexity index is 516. The molecule has 2 aromatic rings. The van der Waals surface area contributed by atoms with Crippen molar-refractivity contribution < 1.29 is 15.0 Å². The Balaban J connectivity index is 2.17. The van der Waals surface area contributed by atoms with Gasteiger partial charge in [0.1, 0.15) is 5.75 Å². The van der Waals surface area contributed by atoms with Gasteiger partial charge >= 0.3 is 5.97 Å². The largest absolute Gasteiger partial charge is 0.507 e. The highest BCUT2D eigenvalue weighted by atomic mass is 32.1. The minimum atomic E-state index is -0.795. The number of carboxylic acid groups (broad SMARTS) is 1. The van der Waals surface area contributed by atoms with Crippen LogP contribution in [-0.4, -0.2) is 16.2 Å². The molecule has 0 fully saturated rings. The number of phenols is 1. The molecule has 0 aliphatic heterocycles. The van der Waals surface area contributed by atoms with E-state index in [0.29, 0.717) is 18.6 Å². The Kier molecular flexibility index (Phi) is 3.10. The summed E-state index contributed by atoms with van der Waals surface area (Å²) in [6.07, 6.45) is 1.30. The van der Waals surface area contributed by atoms with Gasteiger partial charge in [0.25, 0.3) is 0 Å². The molecule has 0 amide bonds. The fraction of sp³-hybridized carbons (Fsp3) is 0.250.